The van der Waals surface area contributed by atoms with Crippen molar-refractivity contribution >= 4 is 6.09 Å². The van der Waals surface area contributed by atoms with Crippen LogP contribution in [0.1, 0.15) is 33.1 Å². The molecule has 4 nitrogen and oxygen atoms in total. The number of hydrogen-bond acceptors (Lipinski definition) is 3. The predicted molar refractivity (Wildman–Crippen MR) is 59.6 cm³/mol. The van der Waals surface area contributed by atoms with Gasteiger partial charge in [-0.15, -0.1) is 0 Å². The summed E-state index contributed by atoms with van der Waals surface area (Å²) in [6.45, 7) is 5.78. The number of carbonyl (C=O) groups is 1. The third kappa shape index (κ3) is 3.09. The van der Waals surface area contributed by atoms with Crippen LogP contribution in [0.15, 0.2) is 0 Å². The predicted octanol–water partition coefficient (Wildman–Crippen LogP) is 1.59. The molecular formula is C11H22N2O2. The fraction of sp³-hybridized carbons (Fsp3) is 0.909. The number of hydrogen-bond donors (Lipinski definition) is 1. The lowest BCUT2D eigenvalue weighted by Crippen LogP contribution is -2.49. The highest BCUT2D eigenvalue weighted by molar-refractivity contribution is 5.68. The molecule has 2 atom stereocenters. The van der Waals surface area contributed by atoms with Gasteiger partial charge < -0.3 is 15.4 Å². The summed E-state index contributed by atoms with van der Waals surface area (Å²) < 4.78 is 5.01. The molecule has 88 valence electrons. The Morgan fingerprint density at radius 3 is 2.80 bits per heavy atom. The van der Waals surface area contributed by atoms with Gasteiger partial charge in [-0.1, -0.05) is 13.3 Å². The second-order valence-corrected chi connectivity index (χ2v) is 4.08. The van der Waals surface area contributed by atoms with Gasteiger partial charge in [0, 0.05) is 19.1 Å². The molecule has 0 radical (unpaired) electrons. The van der Waals surface area contributed by atoms with Gasteiger partial charge in [0.25, 0.3) is 0 Å². The van der Waals surface area contributed by atoms with Gasteiger partial charge in [-0.3, -0.25) is 0 Å². The van der Waals surface area contributed by atoms with Crippen LogP contribution in [0.2, 0.25) is 0 Å². The van der Waals surface area contributed by atoms with Gasteiger partial charge in [0.1, 0.15) is 0 Å². The molecule has 2 N–H and O–H groups in total. The highest BCUT2D eigenvalue weighted by atomic mass is 16.6. The SMILES string of the molecule is CCOC(=O)N1CCC(CC)CC1CN. The number of nitrogens with two attached hydrogens (primary N) is 1. The molecule has 0 aromatic rings. The number of rotatable bonds is 3. The van der Waals surface area contributed by atoms with Crippen LogP contribution in [0.25, 0.3) is 0 Å². The third-order valence-corrected chi connectivity index (χ3v) is 3.18. The number of nitrogens with zero attached hydrogens (tertiary/aromatic N) is 1. The zero-order chi connectivity index (χ0) is 11.3. The van der Waals surface area contributed by atoms with Gasteiger partial charge in [0.15, 0.2) is 0 Å². The Bertz CT molecular complexity index is 209. The molecule has 1 amide bonds. The molecule has 0 saturated carbocycles. The molecule has 1 aliphatic rings. The van der Waals surface area contributed by atoms with Gasteiger partial charge in [-0.2, -0.15) is 0 Å². The molecule has 15 heavy (non-hydrogen) atoms. The average Bonchev–Trinajstić information content (AvgIpc) is 2.28. The van der Waals surface area contributed by atoms with Crippen LogP contribution in [0.3, 0.4) is 0 Å². The Kier molecular flexibility index (Phi) is 4.88. The summed E-state index contributed by atoms with van der Waals surface area (Å²) in [5, 5.41) is 0. The summed E-state index contributed by atoms with van der Waals surface area (Å²) in [6, 6.07) is 0.169. The Balaban J connectivity index is 2.53. The first kappa shape index (κ1) is 12.3. The summed E-state index contributed by atoms with van der Waals surface area (Å²) in [6.07, 6.45) is 3.06. The fourth-order valence-corrected chi connectivity index (χ4v) is 2.18. The average molecular weight is 214 g/mol. The van der Waals surface area contributed by atoms with E-state index < -0.39 is 0 Å². The monoisotopic (exact) mass is 214 g/mol. The zero-order valence-electron chi connectivity index (χ0n) is 9.74. The number of piperidine rings is 1. The lowest BCUT2D eigenvalue weighted by Gasteiger charge is -2.37. The summed E-state index contributed by atoms with van der Waals surface area (Å²) in [7, 11) is 0. The Morgan fingerprint density at radius 1 is 1.53 bits per heavy atom. The third-order valence-electron chi connectivity index (χ3n) is 3.18. The standard InChI is InChI=1S/C11H22N2O2/c1-3-9-5-6-13(10(7-9)8-12)11(14)15-4-2/h9-10H,3-8,12H2,1-2H3. The molecule has 4 heteroatoms. The van der Waals surface area contributed by atoms with Crippen molar-refractivity contribution in [2.24, 2.45) is 11.7 Å². The molecule has 1 rings (SSSR count). The molecule has 0 aromatic heterocycles. The first-order valence-electron chi connectivity index (χ1n) is 5.86. The van der Waals surface area contributed by atoms with Crippen molar-refractivity contribution in [3.63, 3.8) is 0 Å². The van der Waals surface area contributed by atoms with Crippen LogP contribution in [0.5, 0.6) is 0 Å². The van der Waals surface area contributed by atoms with Crippen molar-refractivity contribution in [1.82, 2.24) is 4.90 Å². The highest BCUT2D eigenvalue weighted by Crippen LogP contribution is 2.25. The maximum atomic E-state index is 11.6. The number of amides is 1. The fourth-order valence-electron chi connectivity index (χ4n) is 2.18. The molecule has 1 fully saturated rings. The normalized spacial score (nSPS) is 26.5. The lowest BCUT2D eigenvalue weighted by atomic mass is 9.89. The van der Waals surface area contributed by atoms with E-state index in [1.807, 2.05) is 6.92 Å². The molecule has 1 saturated heterocycles. The minimum absolute atomic E-state index is 0.169. The molecule has 1 heterocycles. The molecule has 0 spiro atoms. The molecular weight excluding hydrogens is 192 g/mol. The minimum atomic E-state index is -0.206. The summed E-state index contributed by atoms with van der Waals surface area (Å²) in [4.78, 5) is 13.4. The molecule has 1 aliphatic heterocycles. The number of carbonyl (C=O) groups excluding carboxylic acids is 1. The van der Waals surface area contributed by atoms with Crippen LogP contribution < -0.4 is 5.73 Å². The van der Waals surface area contributed by atoms with E-state index in [1.54, 1.807) is 4.90 Å². The molecule has 0 aliphatic carbocycles. The van der Waals surface area contributed by atoms with Gasteiger partial charge in [0.05, 0.1) is 6.61 Å². The summed E-state index contributed by atoms with van der Waals surface area (Å²) in [5.41, 5.74) is 5.70. The van der Waals surface area contributed by atoms with E-state index in [9.17, 15) is 4.79 Å². The van der Waals surface area contributed by atoms with Crippen LogP contribution in [-0.2, 0) is 4.74 Å². The topological polar surface area (TPSA) is 55.6 Å². The summed E-state index contributed by atoms with van der Waals surface area (Å²) in [5.74, 6) is 0.712. The Hall–Kier alpha value is -0.770. The van der Waals surface area contributed by atoms with Crippen molar-refractivity contribution < 1.29 is 9.53 Å². The van der Waals surface area contributed by atoms with Crippen LogP contribution in [0, 0.1) is 5.92 Å². The van der Waals surface area contributed by atoms with Crippen LogP contribution in [0.4, 0.5) is 4.79 Å². The molecule has 2 unspecified atom stereocenters. The summed E-state index contributed by atoms with van der Waals surface area (Å²) >= 11 is 0. The minimum Gasteiger partial charge on any atom is -0.450 e. The molecule has 0 bridgehead atoms. The number of ether oxygens (including phenoxy) is 1. The second-order valence-electron chi connectivity index (χ2n) is 4.08. The first-order chi connectivity index (χ1) is 7.22. The second kappa shape index (κ2) is 5.95. The first-order valence-corrected chi connectivity index (χ1v) is 5.86. The van der Waals surface area contributed by atoms with Gasteiger partial charge in [-0.25, -0.2) is 4.79 Å². The van der Waals surface area contributed by atoms with E-state index in [4.69, 9.17) is 10.5 Å². The maximum absolute atomic E-state index is 11.6. The van der Waals surface area contributed by atoms with E-state index >= 15 is 0 Å². The largest absolute Gasteiger partial charge is 0.450 e. The zero-order valence-corrected chi connectivity index (χ0v) is 9.74. The van der Waals surface area contributed by atoms with Gasteiger partial charge in [-0.05, 0) is 25.7 Å². The van der Waals surface area contributed by atoms with Crippen molar-refractivity contribution in [1.29, 1.82) is 0 Å². The van der Waals surface area contributed by atoms with Gasteiger partial charge >= 0.3 is 6.09 Å². The smallest absolute Gasteiger partial charge is 0.410 e. The lowest BCUT2D eigenvalue weighted by molar-refractivity contribution is 0.0663. The quantitative estimate of drug-likeness (QED) is 0.776. The van der Waals surface area contributed by atoms with Crippen molar-refractivity contribution in [3.8, 4) is 0 Å². The Labute approximate surface area is 91.8 Å². The highest BCUT2D eigenvalue weighted by Gasteiger charge is 2.30. The molecule has 0 aromatic carbocycles. The van der Waals surface area contributed by atoms with Crippen LogP contribution >= 0.6 is 0 Å². The van der Waals surface area contributed by atoms with Crippen molar-refractivity contribution in [3.05, 3.63) is 0 Å². The van der Waals surface area contributed by atoms with E-state index in [2.05, 4.69) is 6.92 Å². The Morgan fingerprint density at radius 2 is 2.27 bits per heavy atom. The van der Waals surface area contributed by atoms with Gasteiger partial charge in [0.2, 0.25) is 0 Å². The van der Waals surface area contributed by atoms with E-state index in [1.165, 1.54) is 6.42 Å². The van der Waals surface area contributed by atoms with E-state index in [0.29, 0.717) is 19.1 Å². The van der Waals surface area contributed by atoms with E-state index in [0.717, 1.165) is 19.4 Å². The van der Waals surface area contributed by atoms with Crippen LogP contribution in [-0.4, -0.2) is 36.7 Å². The maximum Gasteiger partial charge on any atom is 0.410 e. The number of likely N-dealkylation sites (tertiary alicyclic amines) is 1. The van der Waals surface area contributed by atoms with Crippen molar-refractivity contribution in [2.45, 2.75) is 39.2 Å². The van der Waals surface area contributed by atoms with Crippen molar-refractivity contribution in [2.75, 3.05) is 19.7 Å². The van der Waals surface area contributed by atoms with E-state index in [-0.39, 0.29) is 12.1 Å².